The van der Waals surface area contributed by atoms with Gasteiger partial charge in [0.25, 0.3) is 0 Å². The molecule has 122 valence electrons. The van der Waals surface area contributed by atoms with Gasteiger partial charge in [-0.15, -0.1) is 11.6 Å². The number of hydrogen-bond acceptors (Lipinski definition) is 4. The maximum Gasteiger partial charge on any atom is 0.225 e. The zero-order chi connectivity index (χ0) is 16.9. The molecule has 7 heteroatoms. The first-order chi connectivity index (χ1) is 11.7. The lowest BCUT2D eigenvalue weighted by Gasteiger charge is -2.10. The number of aromatic nitrogens is 2. The highest BCUT2D eigenvalue weighted by Crippen LogP contribution is 2.26. The average Bonchev–Trinajstić information content (AvgIpc) is 2.56. The minimum Gasteiger partial charge on any atom is -0.340 e. The number of nitrogens with one attached hydrogen (secondary N) is 2. The van der Waals surface area contributed by atoms with Crippen LogP contribution in [-0.4, -0.2) is 21.8 Å². The van der Waals surface area contributed by atoms with Crippen molar-refractivity contribution >= 4 is 61.5 Å². The standard InChI is InChI=1S/C17H14BrClN4O/c18-11-2-1-3-12(8-11)23-17-14-9-13(22-16(24)6-7-19)4-5-15(14)20-10-21-17/h1-5,8-10H,6-7H2,(H,22,24)(H,20,21,23). The number of carbonyl (C=O) groups excluding carboxylic acids is 1. The van der Waals surface area contributed by atoms with Crippen LogP contribution in [0.2, 0.25) is 0 Å². The Bertz CT molecular complexity index is 887. The van der Waals surface area contributed by atoms with Gasteiger partial charge in [0, 0.05) is 33.5 Å². The summed E-state index contributed by atoms with van der Waals surface area (Å²) in [5.74, 6) is 0.840. The molecule has 0 aliphatic rings. The second kappa shape index (κ2) is 7.59. The second-order valence-electron chi connectivity index (χ2n) is 5.08. The van der Waals surface area contributed by atoms with Crippen molar-refractivity contribution in [3.63, 3.8) is 0 Å². The van der Waals surface area contributed by atoms with E-state index in [9.17, 15) is 4.79 Å². The molecule has 0 bridgehead atoms. The van der Waals surface area contributed by atoms with E-state index in [4.69, 9.17) is 11.6 Å². The number of carbonyl (C=O) groups is 1. The Labute approximate surface area is 152 Å². The number of alkyl halides is 1. The van der Waals surface area contributed by atoms with Gasteiger partial charge in [-0.2, -0.15) is 0 Å². The molecule has 1 aromatic heterocycles. The first kappa shape index (κ1) is 16.7. The van der Waals surface area contributed by atoms with Gasteiger partial charge in [0.15, 0.2) is 0 Å². The number of amides is 1. The number of rotatable bonds is 5. The minimum atomic E-state index is -0.123. The summed E-state index contributed by atoms with van der Waals surface area (Å²) >= 11 is 9.04. The summed E-state index contributed by atoms with van der Waals surface area (Å²) in [7, 11) is 0. The van der Waals surface area contributed by atoms with E-state index in [1.165, 1.54) is 6.33 Å². The first-order valence-electron chi connectivity index (χ1n) is 7.29. The lowest BCUT2D eigenvalue weighted by molar-refractivity contribution is -0.115. The SMILES string of the molecule is O=C(CCCl)Nc1ccc2ncnc(Nc3cccc(Br)c3)c2c1. The van der Waals surface area contributed by atoms with Gasteiger partial charge in [-0.25, -0.2) is 9.97 Å². The van der Waals surface area contributed by atoms with Gasteiger partial charge in [-0.3, -0.25) is 4.79 Å². The summed E-state index contributed by atoms with van der Waals surface area (Å²) < 4.78 is 0.972. The second-order valence-corrected chi connectivity index (χ2v) is 6.37. The van der Waals surface area contributed by atoms with E-state index in [-0.39, 0.29) is 18.2 Å². The van der Waals surface area contributed by atoms with E-state index in [1.807, 2.05) is 42.5 Å². The molecule has 24 heavy (non-hydrogen) atoms. The number of nitrogens with zero attached hydrogens (tertiary/aromatic N) is 2. The van der Waals surface area contributed by atoms with E-state index >= 15 is 0 Å². The molecular formula is C17H14BrClN4O. The minimum absolute atomic E-state index is 0.123. The van der Waals surface area contributed by atoms with Crippen molar-refractivity contribution in [3.8, 4) is 0 Å². The van der Waals surface area contributed by atoms with Crippen LogP contribution in [0.1, 0.15) is 6.42 Å². The van der Waals surface area contributed by atoms with E-state index < -0.39 is 0 Å². The van der Waals surface area contributed by atoms with Crippen molar-refractivity contribution < 1.29 is 4.79 Å². The Balaban J connectivity index is 1.94. The highest BCUT2D eigenvalue weighted by atomic mass is 79.9. The molecule has 0 aliphatic carbocycles. The van der Waals surface area contributed by atoms with Crippen LogP contribution in [0.4, 0.5) is 17.2 Å². The van der Waals surface area contributed by atoms with Gasteiger partial charge < -0.3 is 10.6 Å². The van der Waals surface area contributed by atoms with Crippen LogP contribution in [0.15, 0.2) is 53.3 Å². The normalized spacial score (nSPS) is 10.6. The summed E-state index contributed by atoms with van der Waals surface area (Å²) in [6, 6.07) is 13.3. The number of hydrogen-bond donors (Lipinski definition) is 2. The van der Waals surface area contributed by atoms with Crippen LogP contribution in [0.25, 0.3) is 10.9 Å². The largest absolute Gasteiger partial charge is 0.340 e. The maximum atomic E-state index is 11.7. The molecule has 5 nitrogen and oxygen atoms in total. The molecule has 2 aromatic carbocycles. The molecule has 3 aromatic rings. The molecule has 2 N–H and O–H groups in total. The van der Waals surface area contributed by atoms with Crippen LogP contribution in [0.5, 0.6) is 0 Å². The molecule has 0 atom stereocenters. The molecule has 0 aliphatic heterocycles. The highest BCUT2D eigenvalue weighted by Gasteiger charge is 2.07. The number of anilines is 3. The predicted octanol–water partition coefficient (Wildman–Crippen LogP) is 4.70. The summed E-state index contributed by atoms with van der Waals surface area (Å²) in [5.41, 5.74) is 2.38. The van der Waals surface area contributed by atoms with Crippen molar-refractivity contribution in [1.82, 2.24) is 9.97 Å². The van der Waals surface area contributed by atoms with Crippen LogP contribution in [0, 0.1) is 0 Å². The predicted molar refractivity (Wildman–Crippen MR) is 101 cm³/mol. The third kappa shape index (κ3) is 4.01. The van der Waals surface area contributed by atoms with Crippen molar-refractivity contribution in [2.75, 3.05) is 16.5 Å². The fourth-order valence-electron chi connectivity index (χ4n) is 2.25. The Morgan fingerprint density at radius 2 is 2.00 bits per heavy atom. The summed E-state index contributed by atoms with van der Waals surface area (Å²) in [6.07, 6.45) is 1.78. The zero-order valence-electron chi connectivity index (χ0n) is 12.6. The van der Waals surface area contributed by atoms with Crippen LogP contribution in [0.3, 0.4) is 0 Å². The van der Waals surface area contributed by atoms with E-state index in [0.29, 0.717) is 11.5 Å². The molecule has 0 saturated heterocycles. The zero-order valence-corrected chi connectivity index (χ0v) is 14.9. The van der Waals surface area contributed by atoms with Gasteiger partial charge in [0.2, 0.25) is 5.91 Å². The molecular weight excluding hydrogens is 392 g/mol. The quantitative estimate of drug-likeness (QED) is 0.604. The lowest BCUT2D eigenvalue weighted by atomic mass is 10.2. The number of benzene rings is 2. The van der Waals surface area contributed by atoms with Crippen LogP contribution < -0.4 is 10.6 Å². The van der Waals surface area contributed by atoms with Crippen molar-refractivity contribution in [1.29, 1.82) is 0 Å². The van der Waals surface area contributed by atoms with E-state index in [2.05, 4.69) is 36.5 Å². The summed E-state index contributed by atoms with van der Waals surface area (Å²) in [6.45, 7) is 0. The number of halogens is 2. The Morgan fingerprint density at radius 1 is 1.12 bits per heavy atom. The van der Waals surface area contributed by atoms with Crippen molar-refractivity contribution in [3.05, 3.63) is 53.3 Å². The lowest BCUT2D eigenvalue weighted by Crippen LogP contribution is -2.11. The third-order valence-electron chi connectivity index (χ3n) is 3.33. The summed E-state index contributed by atoms with van der Waals surface area (Å²) in [4.78, 5) is 20.3. The molecule has 0 fully saturated rings. The average molecular weight is 406 g/mol. The van der Waals surface area contributed by atoms with Crippen LogP contribution in [-0.2, 0) is 4.79 Å². The number of fused-ring (bicyclic) bond motifs is 1. The molecule has 0 unspecified atom stereocenters. The molecule has 1 amide bonds. The smallest absolute Gasteiger partial charge is 0.225 e. The highest BCUT2D eigenvalue weighted by molar-refractivity contribution is 9.10. The molecule has 1 heterocycles. The molecule has 0 spiro atoms. The van der Waals surface area contributed by atoms with E-state index in [0.717, 1.165) is 21.1 Å². The van der Waals surface area contributed by atoms with Crippen molar-refractivity contribution in [2.45, 2.75) is 6.42 Å². The Morgan fingerprint density at radius 3 is 2.79 bits per heavy atom. The fourth-order valence-corrected chi connectivity index (χ4v) is 2.82. The van der Waals surface area contributed by atoms with Gasteiger partial charge in [-0.05, 0) is 36.4 Å². The van der Waals surface area contributed by atoms with Crippen molar-refractivity contribution in [2.24, 2.45) is 0 Å². The van der Waals surface area contributed by atoms with Gasteiger partial charge in [0.05, 0.1) is 5.52 Å². The molecule has 0 saturated carbocycles. The first-order valence-corrected chi connectivity index (χ1v) is 8.61. The third-order valence-corrected chi connectivity index (χ3v) is 4.01. The Kier molecular flexibility index (Phi) is 5.27. The Hall–Kier alpha value is -2.18. The monoisotopic (exact) mass is 404 g/mol. The van der Waals surface area contributed by atoms with E-state index in [1.54, 1.807) is 0 Å². The summed E-state index contributed by atoms with van der Waals surface area (Å²) in [5, 5.41) is 6.92. The topological polar surface area (TPSA) is 66.9 Å². The molecule has 3 rings (SSSR count). The van der Waals surface area contributed by atoms with Gasteiger partial charge in [0.1, 0.15) is 12.1 Å². The van der Waals surface area contributed by atoms with Gasteiger partial charge >= 0.3 is 0 Å². The fraction of sp³-hybridized carbons (Fsp3) is 0.118. The van der Waals surface area contributed by atoms with Crippen LogP contribution >= 0.6 is 27.5 Å². The van der Waals surface area contributed by atoms with Gasteiger partial charge in [-0.1, -0.05) is 22.0 Å². The maximum absolute atomic E-state index is 11.7. The molecule has 0 radical (unpaired) electrons.